The van der Waals surface area contributed by atoms with Gasteiger partial charge >= 0.3 is 0 Å². The topological polar surface area (TPSA) is 79.5 Å². The number of aliphatic hydroxyl groups excluding tert-OH is 1. The largest absolute Gasteiger partial charge is 0.392 e. The van der Waals surface area contributed by atoms with E-state index in [0.29, 0.717) is 5.65 Å². The van der Waals surface area contributed by atoms with Crippen molar-refractivity contribution in [3.8, 4) is 11.1 Å². The maximum absolute atomic E-state index is 13.7. The molecular weight excluding hydrogens is 347 g/mol. The van der Waals surface area contributed by atoms with Gasteiger partial charge in [-0.1, -0.05) is 18.2 Å². The number of hydrogen-bond acceptors (Lipinski definition) is 4. The highest BCUT2D eigenvalue weighted by molar-refractivity contribution is 6.02. The summed E-state index contributed by atoms with van der Waals surface area (Å²) in [5.74, 6) is -1.29. The Balaban J connectivity index is 1.64. The SMILES string of the molecule is O=C(Nc1ncccc1F)c1cn2cc(-c3cccc(CO)c3)ccc2n1. The molecule has 0 unspecified atom stereocenters. The molecule has 6 nitrogen and oxygen atoms in total. The Morgan fingerprint density at radius 3 is 2.81 bits per heavy atom. The molecule has 7 heteroatoms. The second kappa shape index (κ2) is 6.97. The number of carbonyl (C=O) groups is 1. The van der Waals surface area contributed by atoms with Crippen molar-refractivity contribution >= 4 is 17.4 Å². The molecule has 0 radical (unpaired) electrons. The zero-order valence-corrected chi connectivity index (χ0v) is 14.1. The first-order chi connectivity index (χ1) is 13.1. The Hall–Kier alpha value is -3.58. The number of pyridine rings is 2. The van der Waals surface area contributed by atoms with Crippen molar-refractivity contribution in [1.82, 2.24) is 14.4 Å². The number of anilines is 1. The van der Waals surface area contributed by atoms with Crippen LogP contribution in [0.2, 0.25) is 0 Å². The Morgan fingerprint density at radius 1 is 1.11 bits per heavy atom. The van der Waals surface area contributed by atoms with Gasteiger partial charge in [-0.2, -0.15) is 0 Å². The normalized spacial score (nSPS) is 10.9. The van der Waals surface area contributed by atoms with Gasteiger partial charge in [0.1, 0.15) is 11.3 Å². The molecule has 2 N–H and O–H groups in total. The number of aromatic nitrogens is 3. The summed E-state index contributed by atoms with van der Waals surface area (Å²) < 4.78 is 15.4. The first kappa shape index (κ1) is 16.9. The van der Waals surface area contributed by atoms with Gasteiger partial charge in [0, 0.05) is 18.6 Å². The molecule has 4 aromatic rings. The number of imidazole rings is 1. The molecule has 0 bridgehead atoms. The van der Waals surface area contributed by atoms with Crippen LogP contribution in [0.3, 0.4) is 0 Å². The number of amides is 1. The molecule has 0 aliphatic rings. The summed E-state index contributed by atoms with van der Waals surface area (Å²) in [5.41, 5.74) is 3.41. The van der Waals surface area contributed by atoms with Crippen LogP contribution >= 0.6 is 0 Å². The number of nitrogens with zero attached hydrogens (tertiary/aromatic N) is 3. The van der Waals surface area contributed by atoms with Crippen LogP contribution in [0.15, 0.2) is 67.1 Å². The Labute approximate surface area is 154 Å². The second-order valence-electron chi connectivity index (χ2n) is 5.96. The van der Waals surface area contributed by atoms with Gasteiger partial charge in [-0.25, -0.2) is 14.4 Å². The number of halogens is 1. The average Bonchev–Trinajstić information content (AvgIpc) is 3.13. The molecule has 0 aliphatic carbocycles. The zero-order chi connectivity index (χ0) is 18.8. The standard InChI is InChI=1S/C20H15FN4O2/c21-16-5-2-8-22-19(16)24-20(27)17-11-25-10-15(6-7-18(25)23-17)14-4-1-3-13(9-14)12-26/h1-11,26H,12H2,(H,22,24,27). The molecule has 1 aromatic carbocycles. The van der Waals surface area contributed by atoms with Crippen LogP contribution in [-0.2, 0) is 6.61 Å². The van der Waals surface area contributed by atoms with Crippen LogP contribution in [0.1, 0.15) is 16.1 Å². The summed E-state index contributed by atoms with van der Waals surface area (Å²) in [4.78, 5) is 20.4. The van der Waals surface area contributed by atoms with Crippen molar-refractivity contribution in [2.75, 3.05) is 5.32 Å². The fourth-order valence-electron chi connectivity index (χ4n) is 2.77. The summed E-state index contributed by atoms with van der Waals surface area (Å²) in [5, 5.41) is 11.7. The highest BCUT2D eigenvalue weighted by atomic mass is 19.1. The predicted molar refractivity (Wildman–Crippen MR) is 98.7 cm³/mol. The minimum Gasteiger partial charge on any atom is -0.392 e. The van der Waals surface area contributed by atoms with E-state index < -0.39 is 11.7 Å². The minimum atomic E-state index is -0.610. The molecule has 0 saturated heterocycles. The van der Waals surface area contributed by atoms with E-state index in [2.05, 4.69) is 15.3 Å². The van der Waals surface area contributed by atoms with E-state index in [0.717, 1.165) is 16.7 Å². The summed E-state index contributed by atoms with van der Waals surface area (Å²) in [6.07, 6.45) is 4.82. The molecule has 4 rings (SSSR count). The van der Waals surface area contributed by atoms with Gasteiger partial charge in [-0.05, 0) is 47.0 Å². The lowest BCUT2D eigenvalue weighted by atomic mass is 10.1. The van der Waals surface area contributed by atoms with Crippen molar-refractivity contribution in [2.45, 2.75) is 6.61 Å². The van der Waals surface area contributed by atoms with Gasteiger partial charge in [-0.15, -0.1) is 0 Å². The zero-order valence-electron chi connectivity index (χ0n) is 14.1. The first-order valence-electron chi connectivity index (χ1n) is 8.25. The monoisotopic (exact) mass is 362 g/mol. The van der Waals surface area contributed by atoms with Gasteiger partial charge in [0.25, 0.3) is 5.91 Å². The number of benzene rings is 1. The Kier molecular flexibility index (Phi) is 4.35. The van der Waals surface area contributed by atoms with Crippen LogP contribution in [-0.4, -0.2) is 25.4 Å². The van der Waals surface area contributed by atoms with Crippen molar-refractivity contribution < 1.29 is 14.3 Å². The summed E-state index contributed by atoms with van der Waals surface area (Å²) in [7, 11) is 0. The van der Waals surface area contributed by atoms with Gasteiger partial charge in [0.05, 0.1) is 6.61 Å². The van der Waals surface area contributed by atoms with Crippen molar-refractivity contribution in [1.29, 1.82) is 0 Å². The third kappa shape index (κ3) is 3.40. The number of carbonyl (C=O) groups excluding carboxylic acids is 1. The van der Waals surface area contributed by atoms with Gasteiger partial charge in [0.2, 0.25) is 0 Å². The fraction of sp³-hybridized carbons (Fsp3) is 0.0500. The van der Waals surface area contributed by atoms with Gasteiger partial charge in [-0.3, -0.25) is 4.79 Å². The highest BCUT2D eigenvalue weighted by Crippen LogP contribution is 2.22. The molecule has 134 valence electrons. The number of hydrogen-bond donors (Lipinski definition) is 2. The number of fused-ring (bicyclic) bond motifs is 1. The molecule has 1 amide bonds. The third-order valence-corrected chi connectivity index (χ3v) is 4.12. The fourth-order valence-corrected chi connectivity index (χ4v) is 2.77. The molecule has 0 spiro atoms. The summed E-state index contributed by atoms with van der Waals surface area (Å²) >= 11 is 0. The number of rotatable bonds is 4. The number of nitrogens with one attached hydrogen (secondary N) is 1. The van der Waals surface area contributed by atoms with E-state index in [-0.39, 0.29) is 18.1 Å². The molecule has 0 saturated carbocycles. The van der Waals surface area contributed by atoms with E-state index in [1.165, 1.54) is 18.3 Å². The van der Waals surface area contributed by atoms with Crippen molar-refractivity contribution in [2.24, 2.45) is 0 Å². The average molecular weight is 362 g/mol. The lowest BCUT2D eigenvalue weighted by Crippen LogP contribution is -2.14. The second-order valence-corrected chi connectivity index (χ2v) is 5.96. The highest BCUT2D eigenvalue weighted by Gasteiger charge is 2.14. The summed E-state index contributed by atoms with van der Waals surface area (Å²) in [6.45, 7) is -0.0322. The van der Waals surface area contributed by atoms with Gasteiger partial charge in [0.15, 0.2) is 11.6 Å². The molecule has 0 fully saturated rings. The van der Waals surface area contributed by atoms with E-state index >= 15 is 0 Å². The van der Waals surface area contributed by atoms with E-state index in [4.69, 9.17) is 0 Å². The molecular formula is C20H15FN4O2. The molecule has 3 heterocycles. The smallest absolute Gasteiger partial charge is 0.277 e. The van der Waals surface area contributed by atoms with Crippen LogP contribution in [0.5, 0.6) is 0 Å². The van der Waals surface area contributed by atoms with Crippen molar-refractivity contribution in [3.05, 3.63) is 84.2 Å². The quantitative estimate of drug-likeness (QED) is 0.584. The first-order valence-corrected chi connectivity index (χ1v) is 8.25. The van der Waals surface area contributed by atoms with Gasteiger partial charge < -0.3 is 14.8 Å². The predicted octanol–water partition coefficient (Wildman–Crippen LogP) is 3.28. The lowest BCUT2D eigenvalue weighted by Gasteiger charge is -2.04. The van der Waals surface area contributed by atoms with E-state index in [9.17, 15) is 14.3 Å². The van der Waals surface area contributed by atoms with Crippen LogP contribution < -0.4 is 5.32 Å². The minimum absolute atomic E-state index is 0.0322. The molecule has 0 aliphatic heterocycles. The van der Waals surface area contributed by atoms with Crippen LogP contribution in [0.25, 0.3) is 16.8 Å². The maximum Gasteiger partial charge on any atom is 0.277 e. The lowest BCUT2D eigenvalue weighted by molar-refractivity contribution is 0.102. The molecule has 0 atom stereocenters. The van der Waals surface area contributed by atoms with Crippen LogP contribution in [0.4, 0.5) is 10.2 Å². The summed E-state index contributed by atoms with van der Waals surface area (Å²) in [6, 6.07) is 13.9. The van der Waals surface area contributed by atoms with Crippen LogP contribution in [0, 0.1) is 5.82 Å². The Bertz CT molecular complexity index is 1140. The Morgan fingerprint density at radius 2 is 2.00 bits per heavy atom. The number of aliphatic hydroxyl groups is 1. The van der Waals surface area contributed by atoms with Crippen molar-refractivity contribution in [3.63, 3.8) is 0 Å². The molecule has 27 heavy (non-hydrogen) atoms. The maximum atomic E-state index is 13.7. The van der Waals surface area contributed by atoms with E-state index in [1.807, 2.05) is 36.5 Å². The van der Waals surface area contributed by atoms with E-state index in [1.54, 1.807) is 16.7 Å². The molecule has 3 aromatic heterocycles. The third-order valence-electron chi connectivity index (χ3n) is 4.12.